The number of aliphatic hydroxyl groups is 1. The molecule has 0 bridgehead atoms. The maximum atomic E-state index is 14.1. The number of carbonyl (C=O) groups excluding carboxylic acids is 1. The van der Waals surface area contributed by atoms with Crippen molar-refractivity contribution in [2.75, 3.05) is 44.3 Å². The topological polar surface area (TPSA) is 160 Å². The van der Waals surface area contributed by atoms with Gasteiger partial charge in [-0.25, -0.2) is 21.8 Å². The van der Waals surface area contributed by atoms with E-state index in [0.717, 1.165) is 12.7 Å². The van der Waals surface area contributed by atoms with Crippen molar-refractivity contribution in [1.29, 1.82) is 0 Å². The number of aliphatic hydroxyl groups excluding tert-OH is 1. The zero-order chi connectivity index (χ0) is 31.2. The van der Waals surface area contributed by atoms with Crippen molar-refractivity contribution in [3.63, 3.8) is 0 Å². The van der Waals surface area contributed by atoms with E-state index in [0.29, 0.717) is 25.2 Å². The Balaban J connectivity index is 1.98. The Kier molecular flexibility index (Phi) is 11.4. The number of hydrogen-bond acceptors (Lipinski definition) is 9. The van der Waals surface area contributed by atoms with Crippen LogP contribution >= 0.6 is 0 Å². The summed E-state index contributed by atoms with van der Waals surface area (Å²) in [4.78, 5) is 19.5. The van der Waals surface area contributed by atoms with Gasteiger partial charge in [-0.15, -0.1) is 0 Å². The molecule has 1 aliphatic heterocycles. The number of imidazole rings is 1. The molecule has 2 heterocycles. The molecule has 1 aromatic carbocycles. The summed E-state index contributed by atoms with van der Waals surface area (Å²) in [5, 5.41) is 9.99. The zero-order valence-corrected chi connectivity index (χ0v) is 26.7. The normalized spacial score (nSPS) is 22.2. The first-order valence-corrected chi connectivity index (χ1v) is 17.2. The fourth-order valence-electron chi connectivity index (χ4n) is 4.70. The molecule has 4 atom stereocenters. The molecule has 0 radical (unpaired) electrons. The number of ether oxygens (including phenoxy) is 2. The SMILES string of the molecule is C[C@@H]1CCCCO[C@H](CN(C)S(=O)(=O)c2cn(C)cn2)[C@H](C)CN([C@@H](C)CO)C(=O)c2cc(NS(C)(=O)=O)ccc2O1. The van der Waals surface area contributed by atoms with Crippen molar-refractivity contribution in [3.05, 3.63) is 36.3 Å². The van der Waals surface area contributed by atoms with Crippen LogP contribution in [0.2, 0.25) is 0 Å². The number of rotatable bonds is 8. The number of sulfonamides is 2. The predicted octanol–water partition coefficient (Wildman–Crippen LogP) is 1.91. The van der Waals surface area contributed by atoms with Gasteiger partial charge in [0.25, 0.3) is 15.9 Å². The van der Waals surface area contributed by atoms with E-state index in [4.69, 9.17) is 9.47 Å². The van der Waals surface area contributed by atoms with Gasteiger partial charge in [-0.3, -0.25) is 9.52 Å². The number of amides is 1. The third-order valence-electron chi connectivity index (χ3n) is 7.15. The smallest absolute Gasteiger partial charge is 0.261 e. The molecule has 0 fully saturated rings. The van der Waals surface area contributed by atoms with Crippen molar-refractivity contribution in [1.82, 2.24) is 18.8 Å². The monoisotopic (exact) mass is 629 g/mol. The minimum Gasteiger partial charge on any atom is -0.490 e. The Hall–Kier alpha value is -2.72. The molecule has 15 heteroatoms. The van der Waals surface area contributed by atoms with Crippen LogP contribution in [0.15, 0.2) is 35.7 Å². The second-order valence-corrected chi connectivity index (χ2v) is 14.8. The highest BCUT2D eigenvalue weighted by Gasteiger charge is 2.33. The lowest BCUT2D eigenvalue weighted by molar-refractivity contribution is -0.00835. The maximum Gasteiger partial charge on any atom is 0.261 e. The lowest BCUT2D eigenvalue weighted by atomic mass is 10.0. The molecule has 0 saturated carbocycles. The summed E-state index contributed by atoms with van der Waals surface area (Å²) in [7, 11) is -4.34. The molecule has 0 spiro atoms. The predicted molar refractivity (Wildman–Crippen MR) is 158 cm³/mol. The first kappa shape index (κ1) is 33.8. The maximum absolute atomic E-state index is 14.1. The van der Waals surface area contributed by atoms with E-state index < -0.39 is 38.1 Å². The lowest BCUT2D eigenvalue weighted by Gasteiger charge is -2.35. The fourth-order valence-corrected chi connectivity index (χ4v) is 6.39. The molecule has 13 nitrogen and oxygen atoms in total. The number of likely N-dealkylation sites (N-methyl/N-ethyl adjacent to an activating group) is 1. The summed E-state index contributed by atoms with van der Waals surface area (Å²) in [6, 6.07) is 3.92. The van der Waals surface area contributed by atoms with Gasteiger partial charge >= 0.3 is 0 Å². The van der Waals surface area contributed by atoms with Gasteiger partial charge < -0.3 is 24.0 Å². The lowest BCUT2D eigenvalue weighted by Crippen LogP contribution is -2.48. The van der Waals surface area contributed by atoms with Crippen molar-refractivity contribution in [2.24, 2.45) is 13.0 Å². The molecule has 42 heavy (non-hydrogen) atoms. The number of anilines is 1. The van der Waals surface area contributed by atoms with E-state index >= 15 is 0 Å². The molecule has 0 unspecified atom stereocenters. The molecule has 1 aliphatic rings. The van der Waals surface area contributed by atoms with Crippen LogP contribution in [0.25, 0.3) is 0 Å². The Morgan fingerprint density at radius 1 is 1.21 bits per heavy atom. The third kappa shape index (κ3) is 8.89. The molecular formula is C27H43N5O8S2. The average Bonchev–Trinajstić information content (AvgIpc) is 3.36. The van der Waals surface area contributed by atoms with Gasteiger partial charge in [0.15, 0.2) is 5.03 Å². The molecule has 0 aliphatic carbocycles. The first-order chi connectivity index (χ1) is 19.6. The minimum atomic E-state index is -3.89. The Morgan fingerprint density at radius 2 is 1.93 bits per heavy atom. The Bertz CT molecular complexity index is 1430. The Morgan fingerprint density at radius 3 is 2.55 bits per heavy atom. The number of benzene rings is 1. The van der Waals surface area contributed by atoms with Crippen LogP contribution < -0.4 is 9.46 Å². The van der Waals surface area contributed by atoms with E-state index in [1.165, 1.54) is 40.9 Å². The number of hydrogen-bond donors (Lipinski definition) is 2. The van der Waals surface area contributed by atoms with Crippen molar-refractivity contribution < 1.29 is 36.2 Å². The van der Waals surface area contributed by atoms with Crippen LogP contribution in [0.4, 0.5) is 5.69 Å². The van der Waals surface area contributed by atoms with Gasteiger partial charge in [0, 0.05) is 51.6 Å². The van der Waals surface area contributed by atoms with Crippen LogP contribution in [-0.4, -0.2) is 104 Å². The summed E-state index contributed by atoms with van der Waals surface area (Å²) in [6.07, 6.45) is 5.20. The van der Waals surface area contributed by atoms with Crippen molar-refractivity contribution in [2.45, 2.75) is 63.3 Å². The van der Waals surface area contributed by atoms with Gasteiger partial charge in [-0.1, -0.05) is 6.92 Å². The molecule has 2 aromatic rings. The fraction of sp³-hybridized carbons (Fsp3) is 0.630. The third-order valence-corrected chi connectivity index (χ3v) is 9.46. The van der Waals surface area contributed by atoms with Gasteiger partial charge in [-0.2, -0.15) is 4.31 Å². The molecule has 1 aromatic heterocycles. The molecule has 1 amide bonds. The number of aryl methyl sites for hydroxylation is 1. The number of aromatic nitrogens is 2. The minimum absolute atomic E-state index is 0.0220. The van der Waals surface area contributed by atoms with Gasteiger partial charge in [0.05, 0.1) is 43.0 Å². The van der Waals surface area contributed by atoms with Gasteiger partial charge in [-0.05, 0) is 51.3 Å². The standard InChI is InChI=1S/C27H43N5O8S2/c1-19-14-32(20(2)17-33)27(34)23-13-22(29-41(6,35)36)10-11-24(23)40-21(3)9-7-8-12-39-25(19)15-31(5)42(37,38)26-16-30(4)18-28-26/h10-11,13,16,18-21,25,29,33H,7-9,12,14-15,17H2,1-6H3/t19-,20+,21-,25-/m1/s1. The largest absolute Gasteiger partial charge is 0.490 e. The molecule has 3 rings (SSSR count). The number of nitrogens with one attached hydrogen (secondary N) is 1. The van der Waals surface area contributed by atoms with E-state index in [2.05, 4.69) is 9.71 Å². The highest BCUT2D eigenvalue weighted by atomic mass is 32.2. The van der Waals surface area contributed by atoms with Crippen LogP contribution in [0.1, 0.15) is 50.4 Å². The number of fused-ring (bicyclic) bond motifs is 1. The summed E-state index contributed by atoms with van der Waals surface area (Å²) < 4.78 is 67.7. The molecule has 236 valence electrons. The van der Waals surface area contributed by atoms with Crippen LogP contribution in [0.5, 0.6) is 5.75 Å². The number of nitrogens with zero attached hydrogens (tertiary/aromatic N) is 4. The summed E-state index contributed by atoms with van der Waals surface area (Å²) >= 11 is 0. The highest BCUT2D eigenvalue weighted by Crippen LogP contribution is 2.29. The average molecular weight is 630 g/mol. The molecule has 0 saturated heterocycles. The van der Waals surface area contributed by atoms with E-state index in [1.54, 1.807) is 24.6 Å². The van der Waals surface area contributed by atoms with Crippen LogP contribution in [0, 0.1) is 5.92 Å². The summed E-state index contributed by atoms with van der Waals surface area (Å²) in [6.45, 7) is 5.66. The molecule has 2 N–H and O–H groups in total. The van der Waals surface area contributed by atoms with Crippen molar-refractivity contribution in [3.8, 4) is 5.75 Å². The quantitative estimate of drug-likeness (QED) is 0.445. The summed E-state index contributed by atoms with van der Waals surface area (Å²) in [5.74, 6) is -0.513. The van der Waals surface area contributed by atoms with Crippen LogP contribution in [0.3, 0.4) is 0 Å². The second-order valence-electron chi connectivity index (χ2n) is 11.0. The number of carbonyl (C=O) groups is 1. The van der Waals surface area contributed by atoms with Crippen molar-refractivity contribution >= 4 is 31.6 Å². The highest BCUT2D eigenvalue weighted by molar-refractivity contribution is 7.92. The Labute approximate surface area is 248 Å². The van der Waals surface area contributed by atoms with Gasteiger partial charge in [0.1, 0.15) is 5.75 Å². The van der Waals surface area contributed by atoms with E-state index in [9.17, 15) is 26.7 Å². The first-order valence-electron chi connectivity index (χ1n) is 13.9. The van der Waals surface area contributed by atoms with Crippen LogP contribution in [-0.2, 0) is 31.8 Å². The second kappa shape index (κ2) is 14.2. The zero-order valence-electron chi connectivity index (χ0n) is 25.1. The van der Waals surface area contributed by atoms with E-state index in [1.807, 2.05) is 13.8 Å². The summed E-state index contributed by atoms with van der Waals surface area (Å²) in [5.41, 5.74) is 0.349. The van der Waals surface area contributed by atoms with E-state index in [-0.39, 0.29) is 48.0 Å². The molecular weight excluding hydrogens is 586 g/mol. The van der Waals surface area contributed by atoms with Gasteiger partial charge in [0.2, 0.25) is 10.0 Å².